The number of nitrogens with zero attached hydrogens (tertiary/aromatic N) is 2. The van der Waals surface area contributed by atoms with Crippen molar-refractivity contribution in [2.45, 2.75) is 57.8 Å². The smallest absolute Gasteiger partial charge is 0.248 e. The number of hydrogen-bond donors (Lipinski definition) is 2. The van der Waals surface area contributed by atoms with E-state index < -0.39 is 18.2 Å². The maximum absolute atomic E-state index is 13.8. The molecule has 2 atom stereocenters. The van der Waals surface area contributed by atoms with E-state index in [2.05, 4.69) is 0 Å². The lowest BCUT2D eigenvalue weighted by Gasteiger charge is -2.40. The van der Waals surface area contributed by atoms with Crippen LogP contribution < -0.4 is 14.4 Å². The van der Waals surface area contributed by atoms with E-state index in [0.29, 0.717) is 48.1 Å². The topological polar surface area (TPSA) is 99.5 Å². The SMILES string of the molecule is COc1cc2c(cc1OC(C)C)C(c1ccc(Cl)cc1)N(c1ccc(C(C)(O)C3CCN(C(=O)CO)CC3)cc1)C(=O)C2. The van der Waals surface area contributed by atoms with Gasteiger partial charge in [0.2, 0.25) is 11.8 Å². The molecule has 2 amide bonds. The molecule has 0 spiro atoms. The van der Waals surface area contributed by atoms with Crippen LogP contribution in [0, 0.1) is 5.92 Å². The monoisotopic (exact) mass is 606 g/mol. The molecule has 3 aromatic rings. The second-order valence-electron chi connectivity index (χ2n) is 11.8. The molecule has 9 heteroatoms. The molecule has 2 N–H and O–H groups in total. The Balaban J connectivity index is 1.50. The molecule has 8 nitrogen and oxygen atoms in total. The van der Waals surface area contributed by atoms with E-state index in [1.807, 2.05) is 74.5 Å². The fraction of sp³-hybridized carbons (Fsp3) is 0.412. The molecule has 1 fully saturated rings. The Morgan fingerprint density at radius 3 is 2.28 bits per heavy atom. The predicted molar refractivity (Wildman–Crippen MR) is 166 cm³/mol. The van der Waals surface area contributed by atoms with Crippen molar-refractivity contribution in [3.8, 4) is 11.5 Å². The molecule has 2 unspecified atom stereocenters. The standard InChI is InChI=1S/C34H39ClN2O6/c1-21(2)43-30-19-28-23(17-29(30)42-4)18-31(39)37(33(28)22-5-9-26(35)10-6-22)27-11-7-24(8-12-27)34(3,41)25-13-15-36(16-14-25)32(40)20-38/h5-12,17,19,21,25,33,38,41H,13-16,18,20H2,1-4H3. The van der Waals surface area contributed by atoms with Gasteiger partial charge >= 0.3 is 0 Å². The van der Waals surface area contributed by atoms with Crippen LogP contribution in [-0.2, 0) is 21.6 Å². The number of piperidine rings is 1. The van der Waals surface area contributed by atoms with Gasteiger partial charge in [-0.15, -0.1) is 0 Å². The first-order valence-electron chi connectivity index (χ1n) is 14.7. The molecule has 0 aromatic heterocycles. The molecule has 2 aliphatic rings. The van der Waals surface area contributed by atoms with Crippen molar-refractivity contribution in [2.75, 3.05) is 31.7 Å². The summed E-state index contributed by atoms with van der Waals surface area (Å²) in [6.07, 6.45) is 1.39. The molecule has 0 bridgehead atoms. The highest BCUT2D eigenvalue weighted by atomic mass is 35.5. The molecule has 0 saturated carbocycles. The largest absolute Gasteiger partial charge is 0.493 e. The molecule has 2 aliphatic heterocycles. The van der Waals surface area contributed by atoms with E-state index in [1.165, 1.54) is 0 Å². The van der Waals surface area contributed by atoms with Crippen molar-refractivity contribution >= 4 is 29.1 Å². The van der Waals surface area contributed by atoms with E-state index >= 15 is 0 Å². The van der Waals surface area contributed by atoms with E-state index in [4.69, 9.17) is 21.1 Å². The molecule has 43 heavy (non-hydrogen) atoms. The molecular weight excluding hydrogens is 568 g/mol. The number of methoxy groups -OCH3 is 1. The Hall–Kier alpha value is -3.59. The average Bonchev–Trinajstić information content (AvgIpc) is 3.00. The van der Waals surface area contributed by atoms with Crippen LogP contribution in [0.25, 0.3) is 0 Å². The van der Waals surface area contributed by atoms with Crippen molar-refractivity contribution in [1.29, 1.82) is 0 Å². The summed E-state index contributed by atoms with van der Waals surface area (Å²) in [5.41, 5.74) is 3.05. The minimum absolute atomic E-state index is 0.0548. The third kappa shape index (κ3) is 6.23. The maximum atomic E-state index is 13.8. The van der Waals surface area contributed by atoms with Crippen LogP contribution in [-0.4, -0.2) is 59.8 Å². The number of halogens is 1. The highest BCUT2D eigenvalue weighted by Gasteiger charge is 2.39. The highest BCUT2D eigenvalue weighted by molar-refractivity contribution is 6.30. The number of hydrogen-bond acceptors (Lipinski definition) is 6. The number of aliphatic hydroxyl groups is 2. The van der Waals surface area contributed by atoms with Gasteiger partial charge < -0.3 is 29.5 Å². The van der Waals surface area contributed by atoms with Crippen molar-refractivity contribution in [1.82, 2.24) is 4.90 Å². The number of aliphatic hydroxyl groups excluding tert-OH is 1. The van der Waals surface area contributed by atoms with Crippen molar-refractivity contribution in [2.24, 2.45) is 5.92 Å². The summed E-state index contributed by atoms with van der Waals surface area (Å²) in [6, 6.07) is 18.5. The van der Waals surface area contributed by atoms with Gasteiger partial charge in [-0.25, -0.2) is 0 Å². The zero-order valence-corrected chi connectivity index (χ0v) is 25.8. The Morgan fingerprint density at radius 1 is 1.05 bits per heavy atom. The number of rotatable bonds is 8. The van der Waals surface area contributed by atoms with E-state index in [-0.39, 0.29) is 30.3 Å². The molecule has 3 aromatic carbocycles. The van der Waals surface area contributed by atoms with Gasteiger partial charge in [0.25, 0.3) is 0 Å². The first-order valence-corrected chi connectivity index (χ1v) is 15.1. The average molecular weight is 607 g/mol. The minimum atomic E-state index is -1.12. The third-order valence-electron chi connectivity index (χ3n) is 8.64. The fourth-order valence-corrected chi connectivity index (χ4v) is 6.44. The van der Waals surface area contributed by atoms with Crippen LogP contribution in [0.4, 0.5) is 5.69 Å². The highest BCUT2D eigenvalue weighted by Crippen LogP contribution is 2.44. The Labute approximate surface area is 257 Å². The quantitative estimate of drug-likeness (QED) is 0.363. The summed E-state index contributed by atoms with van der Waals surface area (Å²) in [6.45, 7) is 6.21. The van der Waals surface area contributed by atoms with Crippen LogP contribution >= 0.6 is 11.6 Å². The number of carbonyl (C=O) groups excluding carboxylic acids is 2. The Bertz CT molecular complexity index is 1460. The van der Waals surface area contributed by atoms with E-state index in [0.717, 1.165) is 22.3 Å². The molecule has 5 rings (SSSR count). The van der Waals surface area contributed by atoms with Crippen LogP contribution in [0.1, 0.15) is 61.9 Å². The number of likely N-dealkylation sites (tertiary alicyclic amines) is 1. The van der Waals surface area contributed by atoms with Gasteiger partial charge in [0.1, 0.15) is 6.61 Å². The number of carbonyl (C=O) groups is 2. The number of ether oxygens (including phenoxy) is 2. The minimum Gasteiger partial charge on any atom is -0.493 e. The fourth-order valence-electron chi connectivity index (χ4n) is 6.32. The van der Waals surface area contributed by atoms with Gasteiger partial charge in [-0.2, -0.15) is 0 Å². The van der Waals surface area contributed by atoms with Crippen LogP contribution in [0.5, 0.6) is 11.5 Å². The Morgan fingerprint density at radius 2 is 1.70 bits per heavy atom. The number of amides is 2. The summed E-state index contributed by atoms with van der Waals surface area (Å²) in [7, 11) is 1.59. The Kier molecular flexibility index (Phi) is 9.02. The summed E-state index contributed by atoms with van der Waals surface area (Å²) < 4.78 is 11.7. The summed E-state index contributed by atoms with van der Waals surface area (Å²) in [5, 5.41) is 21.4. The number of fused-ring (bicyclic) bond motifs is 1. The van der Waals surface area contributed by atoms with Crippen LogP contribution in [0.2, 0.25) is 5.02 Å². The second-order valence-corrected chi connectivity index (χ2v) is 12.2. The lowest BCUT2D eigenvalue weighted by atomic mass is 9.77. The normalized spacial score (nSPS) is 18.8. The number of benzene rings is 3. The first kappa shape index (κ1) is 30.9. The second kappa shape index (κ2) is 12.6. The maximum Gasteiger partial charge on any atom is 0.248 e. The van der Waals surface area contributed by atoms with Crippen molar-refractivity contribution in [3.63, 3.8) is 0 Å². The zero-order valence-electron chi connectivity index (χ0n) is 25.0. The summed E-state index contributed by atoms with van der Waals surface area (Å²) in [4.78, 5) is 29.2. The van der Waals surface area contributed by atoms with E-state index in [1.54, 1.807) is 23.8 Å². The summed E-state index contributed by atoms with van der Waals surface area (Å²) >= 11 is 6.24. The van der Waals surface area contributed by atoms with Crippen LogP contribution in [0.3, 0.4) is 0 Å². The van der Waals surface area contributed by atoms with Gasteiger partial charge in [0, 0.05) is 23.8 Å². The zero-order chi connectivity index (χ0) is 30.9. The predicted octanol–water partition coefficient (Wildman–Crippen LogP) is 5.25. The molecule has 228 valence electrons. The molecule has 0 aliphatic carbocycles. The van der Waals surface area contributed by atoms with Crippen molar-refractivity contribution in [3.05, 3.63) is 87.9 Å². The van der Waals surface area contributed by atoms with Gasteiger partial charge in [-0.3, -0.25) is 9.59 Å². The van der Waals surface area contributed by atoms with Gasteiger partial charge in [0.15, 0.2) is 11.5 Å². The molecule has 1 saturated heterocycles. The molecule has 0 radical (unpaired) electrons. The summed E-state index contributed by atoms with van der Waals surface area (Å²) in [5.74, 6) is 0.796. The van der Waals surface area contributed by atoms with Crippen molar-refractivity contribution < 1.29 is 29.3 Å². The number of anilines is 1. The van der Waals surface area contributed by atoms with E-state index in [9.17, 15) is 19.8 Å². The van der Waals surface area contributed by atoms with Crippen LogP contribution in [0.15, 0.2) is 60.7 Å². The lowest BCUT2D eigenvalue weighted by molar-refractivity contribution is -0.137. The molecule has 2 heterocycles. The van der Waals surface area contributed by atoms with Gasteiger partial charge in [-0.05, 0) is 98.2 Å². The van der Waals surface area contributed by atoms with Gasteiger partial charge in [0.05, 0.1) is 31.3 Å². The lowest BCUT2D eigenvalue weighted by Crippen LogP contribution is -2.45. The van der Waals surface area contributed by atoms with Gasteiger partial charge in [-0.1, -0.05) is 35.9 Å². The third-order valence-corrected chi connectivity index (χ3v) is 8.90. The first-order chi connectivity index (χ1) is 20.5. The molecular formula is C34H39ClN2O6.